The molecule has 0 amide bonds. The Bertz CT molecular complexity index is 312. The predicted molar refractivity (Wildman–Crippen MR) is 80.5 cm³/mol. The molecule has 2 fully saturated rings. The summed E-state index contributed by atoms with van der Waals surface area (Å²) < 4.78 is 6.05. The van der Waals surface area contributed by atoms with Gasteiger partial charge in [0.15, 0.2) is 5.17 Å². The summed E-state index contributed by atoms with van der Waals surface area (Å²) in [6, 6.07) is 0.371. The zero-order valence-corrected chi connectivity index (χ0v) is 12.8. The Morgan fingerprint density at radius 1 is 1.42 bits per heavy atom. The highest BCUT2D eigenvalue weighted by molar-refractivity contribution is 8.14. The zero-order valence-electron chi connectivity index (χ0n) is 12.0. The average Bonchev–Trinajstić information content (AvgIpc) is 2.84. The highest BCUT2D eigenvalue weighted by atomic mass is 32.2. The quantitative estimate of drug-likeness (QED) is 0.788. The van der Waals surface area contributed by atoms with Crippen molar-refractivity contribution in [3.63, 3.8) is 0 Å². The molecule has 0 aromatic carbocycles. The molecule has 2 N–H and O–H groups in total. The minimum absolute atomic E-state index is 0.00706. The molecular formula is C14H26N2O2S. The fourth-order valence-corrected chi connectivity index (χ4v) is 3.72. The monoisotopic (exact) mass is 286 g/mol. The molecule has 0 bridgehead atoms. The first-order valence-corrected chi connectivity index (χ1v) is 8.43. The minimum atomic E-state index is -0.307. The Morgan fingerprint density at radius 3 is 3.00 bits per heavy atom. The topological polar surface area (TPSA) is 53.8 Å². The third kappa shape index (κ3) is 4.10. The number of hydrogen-bond acceptors (Lipinski definition) is 4. The van der Waals surface area contributed by atoms with Crippen LogP contribution in [0.15, 0.2) is 4.99 Å². The molecule has 4 atom stereocenters. The highest BCUT2D eigenvalue weighted by Crippen LogP contribution is 2.34. The number of aliphatic imine (C=N–C) groups is 1. The van der Waals surface area contributed by atoms with Crippen LogP contribution in [0, 0.1) is 0 Å². The number of aliphatic hydroxyl groups is 1. The van der Waals surface area contributed by atoms with Crippen LogP contribution in [0.2, 0.25) is 0 Å². The van der Waals surface area contributed by atoms with E-state index in [1.165, 1.54) is 0 Å². The molecule has 2 aliphatic rings. The van der Waals surface area contributed by atoms with Crippen molar-refractivity contribution < 1.29 is 9.84 Å². The number of rotatable bonds is 6. The van der Waals surface area contributed by atoms with Gasteiger partial charge in [-0.3, -0.25) is 4.99 Å². The summed E-state index contributed by atoms with van der Waals surface area (Å²) in [6.45, 7) is 5.16. The summed E-state index contributed by atoms with van der Waals surface area (Å²) in [4.78, 5) is 4.51. The van der Waals surface area contributed by atoms with Crippen LogP contribution in [0.25, 0.3) is 0 Å². The Balaban J connectivity index is 1.83. The summed E-state index contributed by atoms with van der Waals surface area (Å²) in [5.74, 6) is 0. The first-order valence-electron chi connectivity index (χ1n) is 7.55. The van der Waals surface area contributed by atoms with E-state index in [1.807, 2.05) is 0 Å². The maximum absolute atomic E-state index is 10.1. The second-order valence-electron chi connectivity index (χ2n) is 5.39. The van der Waals surface area contributed by atoms with Gasteiger partial charge >= 0.3 is 0 Å². The molecule has 0 radical (unpaired) electrons. The molecule has 2 heterocycles. The summed E-state index contributed by atoms with van der Waals surface area (Å²) in [5, 5.41) is 14.6. The molecule has 2 aliphatic heterocycles. The maximum atomic E-state index is 10.1. The van der Waals surface area contributed by atoms with Crippen LogP contribution < -0.4 is 5.32 Å². The van der Waals surface area contributed by atoms with Crippen molar-refractivity contribution in [2.45, 2.75) is 76.1 Å². The van der Waals surface area contributed by atoms with E-state index in [0.29, 0.717) is 6.04 Å². The second kappa shape index (κ2) is 7.50. The molecule has 4 nitrogen and oxygen atoms in total. The van der Waals surface area contributed by atoms with Crippen LogP contribution in [0.1, 0.15) is 52.4 Å². The Morgan fingerprint density at radius 2 is 2.26 bits per heavy atom. The van der Waals surface area contributed by atoms with E-state index in [-0.39, 0.29) is 17.6 Å². The van der Waals surface area contributed by atoms with Gasteiger partial charge in [0.2, 0.25) is 0 Å². The predicted octanol–water partition coefficient (Wildman–Crippen LogP) is 2.51. The van der Waals surface area contributed by atoms with Crippen molar-refractivity contribution in [1.82, 2.24) is 5.32 Å². The van der Waals surface area contributed by atoms with Crippen molar-refractivity contribution in [3.8, 4) is 0 Å². The fraction of sp³-hybridized carbons (Fsp3) is 0.929. The molecule has 2 saturated heterocycles. The standard InChI is InChI=1S/C14H26N2O2S/c1-3-5-6-11(17)12-8-7-10-13(18-12)19-14(16-10)15-9-4-2/h10-13,17H,3-9H2,1-2H3,(H,15,16)/t10-,11-,12-,13-/m1/s1. The van der Waals surface area contributed by atoms with Gasteiger partial charge in [-0.1, -0.05) is 38.5 Å². The number of nitrogens with one attached hydrogen (secondary N) is 1. The van der Waals surface area contributed by atoms with Crippen LogP contribution >= 0.6 is 11.8 Å². The van der Waals surface area contributed by atoms with Gasteiger partial charge in [-0.05, 0) is 25.7 Å². The Kier molecular flexibility index (Phi) is 5.98. The molecule has 0 aliphatic carbocycles. The summed E-state index contributed by atoms with van der Waals surface area (Å²) >= 11 is 1.69. The fourth-order valence-electron chi connectivity index (χ4n) is 2.55. The molecule has 5 heteroatoms. The largest absolute Gasteiger partial charge is 0.390 e. The number of aliphatic hydroxyl groups excluding tert-OH is 1. The smallest absolute Gasteiger partial charge is 0.159 e. The number of fused-ring (bicyclic) bond motifs is 1. The van der Waals surface area contributed by atoms with E-state index >= 15 is 0 Å². The first-order chi connectivity index (χ1) is 9.24. The van der Waals surface area contributed by atoms with Crippen LogP contribution in [0.4, 0.5) is 0 Å². The number of amidine groups is 1. The van der Waals surface area contributed by atoms with Gasteiger partial charge in [0, 0.05) is 6.54 Å². The van der Waals surface area contributed by atoms with Gasteiger partial charge in [0.05, 0.1) is 18.2 Å². The SMILES string of the molecule is CCCC[C@@H](O)[C@H]1CC[C@H]2NC(=NCCC)S[C@H]2O1. The third-order valence-electron chi connectivity index (χ3n) is 3.70. The van der Waals surface area contributed by atoms with Gasteiger partial charge < -0.3 is 15.2 Å². The van der Waals surface area contributed by atoms with Gasteiger partial charge in [-0.15, -0.1) is 0 Å². The number of thioether (sulfide) groups is 1. The van der Waals surface area contributed by atoms with Gasteiger partial charge in [0.1, 0.15) is 5.44 Å². The number of hydrogen-bond donors (Lipinski definition) is 2. The van der Waals surface area contributed by atoms with Crippen LogP contribution in [-0.4, -0.2) is 40.5 Å². The zero-order chi connectivity index (χ0) is 13.7. The van der Waals surface area contributed by atoms with Crippen molar-refractivity contribution >= 4 is 16.9 Å². The van der Waals surface area contributed by atoms with E-state index in [4.69, 9.17) is 4.74 Å². The van der Waals surface area contributed by atoms with Gasteiger partial charge in [-0.2, -0.15) is 0 Å². The number of nitrogens with zero attached hydrogens (tertiary/aromatic N) is 1. The lowest BCUT2D eigenvalue weighted by Gasteiger charge is -2.33. The van der Waals surface area contributed by atoms with E-state index in [9.17, 15) is 5.11 Å². The van der Waals surface area contributed by atoms with Crippen LogP contribution in [0.5, 0.6) is 0 Å². The molecule has 0 aromatic rings. The molecule has 110 valence electrons. The van der Waals surface area contributed by atoms with Crippen molar-refractivity contribution in [3.05, 3.63) is 0 Å². The van der Waals surface area contributed by atoms with Crippen molar-refractivity contribution in [2.75, 3.05) is 6.54 Å². The van der Waals surface area contributed by atoms with Crippen molar-refractivity contribution in [2.24, 2.45) is 4.99 Å². The summed E-state index contributed by atoms with van der Waals surface area (Å²) in [6.07, 6.45) is 5.83. The van der Waals surface area contributed by atoms with E-state index in [0.717, 1.165) is 50.2 Å². The lowest BCUT2D eigenvalue weighted by molar-refractivity contribution is -0.0840. The second-order valence-corrected chi connectivity index (χ2v) is 6.47. The molecular weight excluding hydrogens is 260 g/mol. The molecule has 0 aromatic heterocycles. The number of ether oxygens (including phenoxy) is 1. The molecule has 2 rings (SSSR count). The lowest BCUT2D eigenvalue weighted by atomic mass is 9.98. The van der Waals surface area contributed by atoms with Crippen LogP contribution in [-0.2, 0) is 4.74 Å². The summed E-state index contributed by atoms with van der Waals surface area (Å²) in [7, 11) is 0. The molecule has 0 unspecified atom stereocenters. The van der Waals surface area contributed by atoms with E-state index in [2.05, 4.69) is 24.2 Å². The van der Waals surface area contributed by atoms with Crippen molar-refractivity contribution in [1.29, 1.82) is 0 Å². The average molecular weight is 286 g/mol. The van der Waals surface area contributed by atoms with E-state index in [1.54, 1.807) is 11.8 Å². The van der Waals surface area contributed by atoms with Crippen LogP contribution in [0.3, 0.4) is 0 Å². The number of unbranched alkanes of at least 4 members (excludes halogenated alkanes) is 1. The van der Waals surface area contributed by atoms with E-state index < -0.39 is 0 Å². The Hall–Kier alpha value is -0.260. The summed E-state index contributed by atoms with van der Waals surface area (Å²) in [5.41, 5.74) is 0.130. The first kappa shape index (κ1) is 15.1. The maximum Gasteiger partial charge on any atom is 0.159 e. The lowest BCUT2D eigenvalue weighted by Crippen LogP contribution is -2.44. The minimum Gasteiger partial charge on any atom is -0.390 e. The highest BCUT2D eigenvalue weighted by Gasteiger charge is 2.40. The third-order valence-corrected chi connectivity index (χ3v) is 4.84. The molecule has 0 spiro atoms. The molecule has 0 saturated carbocycles. The molecule has 19 heavy (non-hydrogen) atoms. The van der Waals surface area contributed by atoms with Gasteiger partial charge in [0.25, 0.3) is 0 Å². The van der Waals surface area contributed by atoms with Gasteiger partial charge in [-0.25, -0.2) is 0 Å². The Labute approximate surface area is 120 Å². The normalized spacial score (nSPS) is 34.1.